The molecule has 5 nitrogen and oxygen atoms in total. The molecule has 0 aliphatic rings. The normalized spacial score (nSPS) is 13.6. The predicted octanol–water partition coefficient (Wildman–Crippen LogP) is 1.83. The monoisotopic (exact) mass is 337 g/mol. The summed E-state index contributed by atoms with van der Waals surface area (Å²) in [6, 6.07) is 3.66. The first-order chi connectivity index (χ1) is 9.29. The van der Waals surface area contributed by atoms with E-state index in [4.69, 9.17) is 28.3 Å². The highest BCUT2D eigenvalue weighted by molar-refractivity contribution is 7.84. The van der Waals surface area contributed by atoms with Crippen LogP contribution in [0.25, 0.3) is 0 Å². The highest BCUT2D eigenvalue weighted by Gasteiger charge is 2.21. The fraction of sp³-hybridized carbons (Fsp3) is 0.333. The lowest BCUT2D eigenvalue weighted by Crippen LogP contribution is -2.43. The lowest BCUT2D eigenvalue weighted by atomic mass is 10.2. The fourth-order valence-corrected chi connectivity index (χ4v) is 3.07. The number of carbonyl (C=O) groups is 2. The Bertz CT molecular complexity index is 550. The van der Waals surface area contributed by atoms with Gasteiger partial charge in [-0.1, -0.05) is 29.3 Å². The van der Waals surface area contributed by atoms with Crippen LogP contribution in [0.4, 0.5) is 0 Å². The highest BCUT2D eigenvalue weighted by atomic mass is 35.5. The number of benzene rings is 1. The molecule has 1 unspecified atom stereocenters. The van der Waals surface area contributed by atoms with Crippen molar-refractivity contribution in [2.45, 2.75) is 18.7 Å². The lowest BCUT2D eigenvalue weighted by Gasteiger charge is -2.12. The van der Waals surface area contributed by atoms with Crippen LogP contribution in [0.5, 0.6) is 0 Å². The zero-order valence-electron chi connectivity index (χ0n) is 10.6. The van der Waals surface area contributed by atoms with Gasteiger partial charge in [-0.2, -0.15) is 0 Å². The third-order valence-corrected chi connectivity index (χ3v) is 4.44. The zero-order valence-corrected chi connectivity index (χ0v) is 12.9. The third-order valence-electron chi connectivity index (χ3n) is 2.34. The first-order valence-electron chi connectivity index (χ1n) is 5.58. The van der Waals surface area contributed by atoms with Crippen LogP contribution in [0.2, 0.25) is 10.0 Å². The Labute approximate surface area is 128 Å². The van der Waals surface area contributed by atoms with Crippen molar-refractivity contribution in [1.82, 2.24) is 5.32 Å². The Balaban J connectivity index is 2.67. The van der Waals surface area contributed by atoms with Gasteiger partial charge in [-0.25, -0.2) is 4.79 Å². The van der Waals surface area contributed by atoms with Gasteiger partial charge in [0.05, 0.1) is 15.8 Å². The maximum atomic E-state index is 11.9. The summed E-state index contributed by atoms with van der Waals surface area (Å²) >= 11 is 11.6. The van der Waals surface area contributed by atoms with Crippen molar-refractivity contribution in [2.24, 2.45) is 0 Å². The van der Waals surface area contributed by atoms with Crippen LogP contribution in [-0.2, 0) is 26.1 Å². The summed E-state index contributed by atoms with van der Waals surface area (Å²) in [4.78, 5) is 21.8. The number of rotatable bonds is 6. The van der Waals surface area contributed by atoms with Gasteiger partial charge in [0.2, 0.25) is 5.91 Å². The molecule has 0 fully saturated rings. The molecule has 2 atom stereocenters. The maximum absolute atomic E-state index is 11.9. The van der Waals surface area contributed by atoms with Crippen LogP contribution >= 0.6 is 23.2 Å². The molecule has 0 saturated carbocycles. The van der Waals surface area contributed by atoms with Gasteiger partial charge in [0.25, 0.3) is 0 Å². The predicted molar refractivity (Wildman–Crippen MR) is 78.4 cm³/mol. The van der Waals surface area contributed by atoms with E-state index in [-0.39, 0.29) is 11.5 Å². The molecule has 2 N–H and O–H groups in total. The van der Waals surface area contributed by atoms with E-state index < -0.39 is 28.7 Å². The number of halogens is 2. The van der Waals surface area contributed by atoms with Gasteiger partial charge in [0.15, 0.2) is 0 Å². The fourth-order valence-electron chi connectivity index (χ4n) is 1.48. The van der Waals surface area contributed by atoms with Crippen LogP contribution in [0.15, 0.2) is 18.2 Å². The smallest absolute Gasteiger partial charge is 0.327 e. The second-order valence-corrected chi connectivity index (χ2v) is 6.41. The Morgan fingerprint density at radius 1 is 1.35 bits per heavy atom. The molecule has 0 radical (unpaired) electrons. The van der Waals surface area contributed by atoms with Gasteiger partial charge in [0, 0.05) is 23.5 Å². The van der Waals surface area contributed by atoms with Crippen molar-refractivity contribution in [1.29, 1.82) is 0 Å². The number of carboxylic acid groups (broad SMARTS) is 1. The number of hydrogen-bond donors (Lipinski definition) is 2. The van der Waals surface area contributed by atoms with Crippen LogP contribution < -0.4 is 5.32 Å². The van der Waals surface area contributed by atoms with Crippen molar-refractivity contribution in [3.05, 3.63) is 33.8 Å². The van der Waals surface area contributed by atoms with Gasteiger partial charge in [-0.15, -0.1) is 0 Å². The van der Waals surface area contributed by atoms with E-state index >= 15 is 0 Å². The topological polar surface area (TPSA) is 83.5 Å². The molecular formula is C12H13Cl2NO4S. The maximum Gasteiger partial charge on any atom is 0.327 e. The molecule has 0 aromatic heterocycles. The molecule has 0 aliphatic heterocycles. The van der Waals surface area contributed by atoms with Crippen molar-refractivity contribution < 1.29 is 18.9 Å². The van der Waals surface area contributed by atoms with Crippen molar-refractivity contribution >= 4 is 45.9 Å². The molecule has 20 heavy (non-hydrogen) atoms. The van der Waals surface area contributed by atoms with Crippen LogP contribution in [0, 0.1) is 0 Å². The molecular weight excluding hydrogens is 325 g/mol. The van der Waals surface area contributed by atoms with E-state index in [2.05, 4.69) is 5.32 Å². The molecule has 1 aromatic carbocycles. The summed E-state index contributed by atoms with van der Waals surface area (Å²) in [6.07, 6.45) is 0. The molecule has 0 heterocycles. The Kier molecular flexibility index (Phi) is 6.45. The van der Waals surface area contributed by atoms with Crippen molar-refractivity contribution in [3.63, 3.8) is 0 Å². The average Bonchev–Trinajstić information content (AvgIpc) is 2.32. The van der Waals surface area contributed by atoms with Crippen molar-refractivity contribution in [3.8, 4) is 0 Å². The summed E-state index contributed by atoms with van der Waals surface area (Å²) in [5.74, 6) is -1.73. The van der Waals surface area contributed by atoms with Gasteiger partial charge in [-0.05, 0) is 17.7 Å². The molecule has 0 aliphatic carbocycles. The standard InChI is InChI=1S/C12H13Cl2NO4S/c1-7(16)15-11(12(17)18)6-20(19)5-8-2-3-9(13)10(14)4-8/h2-4,11H,5-6H2,1H3,(H,15,16)(H,17,18)/t11-,20?/m0/s1. The minimum absolute atomic E-state index is 0.139. The Morgan fingerprint density at radius 3 is 2.50 bits per heavy atom. The van der Waals surface area contributed by atoms with Gasteiger partial charge >= 0.3 is 5.97 Å². The van der Waals surface area contributed by atoms with Gasteiger partial charge in [-0.3, -0.25) is 9.00 Å². The van der Waals surface area contributed by atoms with E-state index in [1.165, 1.54) is 6.92 Å². The summed E-state index contributed by atoms with van der Waals surface area (Å²) < 4.78 is 11.9. The molecule has 1 rings (SSSR count). The van der Waals surface area contributed by atoms with E-state index in [0.29, 0.717) is 15.6 Å². The van der Waals surface area contributed by atoms with Crippen LogP contribution in [0.1, 0.15) is 12.5 Å². The minimum Gasteiger partial charge on any atom is -0.480 e. The molecule has 1 amide bonds. The zero-order chi connectivity index (χ0) is 15.3. The third kappa shape index (κ3) is 5.48. The summed E-state index contributed by atoms with van der Waals surface area (Å²) in [6.45, 7) is 1.21. The Hall–Kier alpha value is -1.11. The summed E-state index contributed by atoms with van der Waals surface area (Å²) in [5, 5.41) is 11.9. The largest absolute Gasteiger partial charge is 0.480 e. The number of carbonyl (C=O) groups excluding carboxylic acids is 1. The first-order valence-corrected chi connectivity index (χ1v) is 7.82. The van der Waals surface area contributed by atoms with E-state index in [1.807, 2.05) is 0 Å². The lowest BCUT2D eigenvalue weighted by molar-refractivity contribution is -0.140. The second kappa shape index (κ2) is 7.61. The van der Waals surface area contributed by atoms with Crippen LogP contribution in [0.3, 0.4) is 0 Å². The average molecular weight is 338 g/mol. The summed E-state index contributed by atoms with van der Waals surface area (Å²) in [5.41, 5.74) is 0.685. The SMILES string of the molecule is CC(=O)N[C@@H](CS(=O)Cc1ccc(Cl)c(Cl)c1)C(=O)O. The van der Waals surface area contributed by atoms with E-state index in [0.717, 1.165) is 0 Å². The molecule has 0 bridgehead atoms. The van der Waals surface area contributed by atoms with Gasteiger partial charge < -0.3 is 10.4 Å². The van der Waals surface area contributed by atoms with Crippen LogP contribution in [-0.4, -0.2) is 33.0 Å². The summed E-state index contributed by atoms with van der Waals surface area (Å²) in [7, 11) is -1.45. The van der Waals surface area contributed by atoms with Gasteiger partial charge in [0.1, 0.15) is 6.04 Å². The quantitative estimate of drug-likeness (QED) is 0.829. The number of aliphatic carboxylic acids is 1. The molecule has 0 spiro atoms. The highest BCUT2D eigenvalue weighted by Crippen LogP contribution is 2.23. The molecule has 8 heteroatoms. The number of hydrogen-bond acceptors (Lipinski definition) is 3. The second-order valence-electron chi connectivity index (χ2n) is 4.09. The van der Waals surface area contributed by atoms with Crippen molar-refractivity contribution in [2.75, 3.05) is 5.75 Å². The molecule has 110 valence electrons. The molecule has 1 aromatic rings. The first kappa shape index (κ1) is 16.9. The number of amides is 1. The Morgan fingerprint density at radius 2 is 2.00 bits per heavy atom. The number of carboxylic acids is 1. The molecule has 0 saturated heterocycles. The van der Waals surface area contributed by atoms with E-state index in [1.54, 1.807) is 18.2 Å². The minimum atomic E-state index is -1.45. The number of nitrogens with one attached hydrogen (secondary N) is 1. The van der Waals surface area contributed by atoms with E-state index in [9.17, 15) is 13.8 Å².